The van der Waals surface area contributed by atoms with Crippen LogP contribution in [0.5, 0.6) is 0 Å². The van der Waals surface area contributed by atoms with Crippen LogP contribution in [-0.2, 0) is 14.3 Å². The van der Waals surface area contributed by atoms with Gasteiger partial charge in [-0.3, -0.25) is 4.79 Å². The molecule has 1 fully saturated rings. The number of carbonyl (C=O) groups excluding carboxylic acids is 1. The first-order valence-corrected chi connectivity index (χ1v) is 40.6. The number of rotatable bonds is 73. The van der Waals surface area contributed by atoms with Crippen LogP contribution in [0.25, 0.3) is 0 Å². The number of allylic oxidation sites excluding steroid dienone is 2. The second-order valence-electron chi connectivity index (χ2n) is 28.9. The third kappa shape index (κ3) is 55.5. The third-order valence-corrected chi connectivity index (χ3v) is 20.1. The van der Waals surface area contributed by atoms with Gasteiger partial charge < -0.3 is 50.5 Å². The second-order valence-corrected chi connectivity index (χ2v) is 28.9. The summed E-state index contributed by atoms with van der Waals surface area (Å²) in [5.41, 5.74) is 0. The summed E-state index contributed by atoms with van der Waals surface area (Å²) in [7, 11) is 0. The van der Waals surface area contributed by atoms with Crippen molar-refractivity contribution in [3.05, 3.63) is 12.2 Å². The Kier molecular flexibility index (Phi) is 66.4. The first-order valence-electron chi connectivity index (χ1n) is 40.6. The molecule has 0 spiro atoms. The molecule has 0 saturated carbocycles. The van der Waals surface area contributed by atoms with Gasteiger partial charge in [0.2, 0.25) is 5.91 Å². The van der Waals surface area contributed by atoms with Gasteiger partial charge in [-0.05, 0) is 38.5 Å². The van der Waals surface area contributed by atoms with Gasteiger partial charge in [0.15, 0.2) is 6.29 Å². The zero-order chi connectivity index (χ0) is 66.0. The van der Waals surface area contributed by atoms with Gasteiger partial charge in [0.25, 0.3) is 0 Å². The minimum Gasteiger partial charge on any atom is -0.394 e. The van der Waals surface area contributed by atoms with Crippen LogP contribution in [0, 0.1) is 0 Å². The van der Waals surface area contributed by atoms with Gasteiger partial charge in [-0.2, -0.15) is 0 Å². The average molecular weight is 1290 g/mol. The number of unbranched alkanes of at least 4 members (excludes halogenated alkanes) is 59. The summed E-state index contributed by atoms with van der Waals surface area (Å²) in [6.45, 7) is 3.53. The molecule has 9 unspecified atom stereocenters. The van der Waals surface area contributed by atoms with Crippen molar-refractivity contribution in [2.24, 2.45) is 0 Å². The maximum Gasteiger partial charge on any atom is 0.249 e. The van der Waals surface area contributed by atoms with Gasteiger partial charge in [-0.25, -0.2) is 0 Å². The van der Waals surface area contributed by atoms with Crippen LogP contribution in [0.4, 0.5) is 0 Å². The van der Waals surface area contributed by atoms with Gasteiger partial charge >= 0.3 is 0 Å². The third-order valence-electron chi connectivity index (χ3n) is 20.1. The van der Waals surface area contributed by atoms with Crippen LogP contribution in [0.15, 0.2) is 12.2 Å². The van der Waals surface area contributed by atoms with Gasteiger partial charge in [0.05, 0.1) is 25.4 Å². The molecule has 1 aliphatic heterocycles. The molecule has 1 saturated heterocycles. The summed E-state index contributed by atoms with van der Waals surface area (Å²) in [6, 6.07) is -1.18. The van der Waals surface area contributed by atoms with E-state index in [0.717, 1.165) is 32.1 Å². The van der Waals surface area contributed by atoms with E-state index in [1.165, 1.54) is 353 Å². The van der Waals surface area contributed by atoms with Crippen molar-refractivity contribution in [1.82, 2.24) is 5.32 Å². The number of amides is 1. The smallest absolute Gasteiger partial charge is 0.249 e. The molecule has 0 radical (unpaired) electrons. The summed E-state index contributed by atoms with van der Waals surface area (Å²) >= 11 is 0. The average Bonchev–Trinajstić information content (AvgIpc) is 1.21. The second kappa shape index (κ2) is 68.8. The highest BCUT2D eigenvalue weighted by atomic mass is 16.7. The molecule has 91 heavy (non-hydrogen) atoms. The molecule has 1 amide bonds. The minimum absolute atomic E-state index is 0.260. The maximum atomic E-state index is 13.3. The van der Waals surface area contributed by atoms with Crippen LogP contribution >= 0.6 is 0 Å². The zero-order valence-electron chi connectivity index (χ0n) is 60.4. The minimum atomic E-state index is -1.67. The van der Waals surface area contributed by atoms with Crippen LogP contribution in [0.2, 0.25) is 0 Å². The van der Waals surface area contributed by atoms with E-state index in [4.69, 9.17) is 9.47 Å². The Morgan fingerprint density at radius 3 is 0.945 bits per heavy atom. The topological polar surface area (TPSA) is 189 Å². The molecule has 11 nitrogen and oxygen atoms in total. The molecule has 9 atom stereocenters. The summed E-state index contributed by atoms with van der Waals surface area (Å²) in [6.07, 6.45) is 76.3. The van der Waals surface area contributed by atoms with E-state index in [1.807, 2.05) is 0 Å². The molecule has 0 bridgehead atoms. The van der Waals surface area contributed by atoms with E-state index in [2.05, 4.69) is 31.3 Å². The number of nitrogens with one attached hydrogen (secondary N) is 1. The Bertz CT molecular complexity index is 1490. The number of aliphatic hydroxyl groups excluding tert-OH is 7. The van der Waals surface area contributed by atoms with Crippen molar-refractivity contribution in [3.63, 3.8) is 0 Å². The number of carbonyl (C=O) groups is 1. The lowest BCUT2D eigenvalue weighted by molar-refractivity contribution is -0.303. The Morgan fingerprint density at radius 2 is 0.648 bits per heavy atom. The van der Waals surface area contributed by atoms with Crippen molar-refractivity contribution in [1.29, 1.82) is 0 Å². The lowest BCUT2D eigenvalue weighted by Crippen LogP contribution is -2.60. The van der Waals surface area contributed by atoms with E-state index >= 15 is 0 Å². The highest BCUT2D eigenvalue weighted by molar-refractivity contribution is 5.80. The molecule has 8 N–H and O–H groups in total. The summed E-state index contributed by atoms with van der Waals surface area (Å²) in [5.74, 6) is -0.696. The molecule has 1 heterocycles. The lowest BCUT2D eigenvalue weighted by Gasteiger charge is -2.40. The molecule has 0 aromatic carbocycles. The summed E-state index contributed by atoms with van der Waals surface area (Å²) < 4.78 is 11.2. The summed E-state index contributed by atoms with van der Waals surface area (Å²) in [5, 5.41) is 76.7. The Labute approximate surface area is 563 Å². The van der Waals surface area contributed by atoms with Crippen LogP contribution in [0.1, 0.15) is 425 Å². The number of ether oxygens (including phenoxy) is 2. The molecular formula is C80H157NO10. The highest BCUT2D eigenvalue weighted by Crippen LogP contribution is 2.25. The van der Waals surface area contributed by atoms with Crippen LogP contribution < -0.4 is 5.32 Å². The molecule has 0 aromatic heterocycles. The van der Waals surface area contributed by atoms with Gasteiger partial charge in [0, 0.05) is 0 Å². The molecule has 0 aliphatic carbocycles. The SMILES string of the molecule is CCCCCCCCCCCCCCCCCCCCCCCCCCC/C=C/CCCC(O)C(O)C(COC1OC(CO)C(O)C(O)C1O)NC(=O)C(O)CCCCCCCCCCCCCCCCCCCCCCCCCCCCCCCCCCCC. The van der Waals surface area contributed by atoms with Gasteiger partial charge in [-0.1, -0.05) is 398 Å². The summed E-state index contributed by atoms with van der Waals surface area (Å²) in [4.78, 5) is 13.3. The first-order chi connectivity index (χ1) is 44.7. The van der Waals surface area contributed by atoms with Crippen LogP contribution in [-0.4, -0.2) is 110 Å². The molecule has 1 rings (SSSR count). The number of hydrogen-bond donors (Lipinski definition) is 8. The van der Waals surface area contributed by atoms with Crippen molar-refractivity contribution < 1.29 is 50.0 Å². The van der Waals surface area contributed by atoms with E-state index < -0.39 is 74.2 Å². The fourth-order valence-electron chi connectivity index (χ4n) is 13.6. The number of aliphatic hydroxyl groups is 7. The molecular weight excluding hydrogens is 1130 g/mol. The Balaban J connectivity index is 2.13. The predicted molar refractivity (Wildman–Crippen MR) is 386 cm³/mol. The van der Waals surface area contributed by atoms with Crippen LogP contribution in [0.3, 0.4) is 0 Å². The first kappa shape index (κ1) is 87.9. The lowest BCUT2D eigenvalue weighted by atomic mass is 9.98. The van der Waals surface area contributed by atoms with Gasteiger partial charge in [0.1, 0.15) is 36.6 Å². The predicted octanol–water partition coefficient (Wildman–Crippen LogP) is 20.9. The normalized spacial score (nSPS) is 18.4. The van der Waals surface area contributed by atoms with Gasteiger partial charge in [-0.15, -0.1) is 0 Å². The highest BCUT2D eigenvalue weighted by Gasteiger charge is 2.44. The van der Waals surface area contributed by atoms with Crippen molar-refractivity contribution in [2.75, 3.05) is 13.2 Å². The fraction of sp³-hybridized carbons (Fsp3) is 0.963. The molecule has 542 valence electrons. The molecule has 0 aromatic rings. The quantitative estimate of drug-likeness (QED) is 0.0215. The van der Waals surface area contributed by atoms with E-state index in [-0.39, 0.29) is 12.8 Å². The Morgan fingerprint density at radius 1 is 0.374 bits per heavy atom. The maximum absolute atomic E-state index is 13.3. The van der Waals surface area contributed by atoms with E-state index in [1.54, 1.807) is 0 Å². The van der Waals surface area contributed by atoms with Crippen molar-refractivity contribution in [3.8, 4) is 0 Å². The van der Waals surface area contributed by atoms with Crippen molar-refractivity contribution >= 4 is 5.91 Å². The van der Waals surface area contributed by atoms with E-state index in [0.29, 0.717) is 12.8 Å². The molecule has 11 heteroatoms. The zero-order valence-corrected chi connectivity index (χ0v) is 60.4. The standard InChI is InChI=1S/C80H157NO10/c1-3-5-7-9-11-13-15-17-19-21-23-25-27-29-31-33-35-36-37-38-40-42-44-46-48-50-52-54-56-58-60-62-64-66-68-73(84)79(89)81-71(70-90-80-78(88)77(87)76(86)74(69-82)91-80)75(85)72(83)67-65-63-61-59-57-55-53-51-49-47-45-43-41-39-34-32-30-28-26-24-22-20-18-16-14-12-10-8-6-4-2/h59,61,71-78,80,82-88H,3-58,60,62-70H2,1-2H3,(H,81,89)/b61-59+. The molecule has 1 aliphatic rings. The largest absolute Gasteiger partial charge is 0.394 e. The fourth-order valence-corrected chi connectivity index (χ4v) is 13.6. The monoisotopic (exact) mass is 1290 g/mol. The van der Waals surface area contributed by atoms with Crippen molar-refractivity contribution in [2.45, 2.75) is 480 Å². The number of hydrogen-bond acceptors (Lipinski definition) is 10. The van der Waals surface area contributed by atoms with E-state index in [9.17, 15) is 40.5 Å². The Hall–Kier alpha value is -1.15.